The lowest BCUT2D eigenvalue weighted by atomic mass is 9.90. The Morgan fingerprint density at radius 2 is 2.12 bits per heavy atom. The van der Waals surface area contributed by atoms with Crippen LogP contribution in [0.15, 0.2) is 22.7 Å². The average molecular weight is 303 g/mol. The third kappa shape index (κ3) is 4.28. The lowest BCUT2D eigenvalue weighted by Gasteiger charge is -2.32. The van der Waals surface area contributed by atoms with E-state index in [1.807, 2.05) is 0 Å². The van der Waals surface area contributed by atoms with Gasteiger partial charge in [-0.2, -0.15) is 0 Å². The molecule has 0 aromatic heterocycles. The predicted molar refractivity (Wildman–Crippen MR) is 74.6 cm³/mol. The fourth-order valence-corrected chi connectivity index (χ4v) is 2.39. The largest absolute Gasteiger partial charge is 0.379 e. The van der Waals surface area contributed by atoms with Crippen LogP contribution in [0.4, 0.5) is 10.1 Å². The van der Waals surface area contributed by atoms with Crippen molar-refractivity contribution in [2.75, 3.05) is 11.9 Å². The molecular formula is C13H20BrFN2. The number of halogens is 2. The highest BCUT2D eigenvalue weighted by atomic mass is 79.9. The molecule has 1 atom stereocenters. The standard InChI is InChI=1S/C13H20BrFN2/c1-9(2)7-13(3,8-16)17-10-4-5-12(15)11(14)6-10/h4-6,9,17H,7-8,16H2,1-3H3. The number of anilines is 1. The van der Waals surface area contributed by atoms with Crippen LogP contribution in [0.1, 0.15) is 27.2 Å². The van der Waals surface area contributed by atoms with E-state index in [1.165, 1.54) is 6.07 Å². The summed E-state index contributed by atoms with van der Waals surface area (Å²) >= 11 is 3.18. The molecule has 2 nitrogen and oxygen atoms in total. The van der Waals surface area contributed by atoms with Crippen molar-refractivity contribution < 1.29 is 4.39 Å². The van der Waals surface area contributed by atoms with Crippen molar-refractivity contribution in [3.63, 3.8) is 0 Å². The highest BCUT2D eigenvalue weighted by Crippen LogP contribution is 2.25. The summed E-state index contributed by atoms with van der Waals surface area (Å²) in [4.78, 5) is 0. The molecule has 0 aliphatic heterocycles. The predicted octanol–water partition coefficient (Wildman–Crippen LogP) is 3.76. The van der Waals surface area contributed by atoms with Crippen molar-refractivity contribution in [1.82, 2.24) is 0 Å². The van der Waals surface area contributed by atoms with Gasteiger partial charge in [-0.1, -0.05) is 13.8 Å². The van der Waals surface area contributed by atoms with Crippen LogP contribution in [0.25, 0.3) is 0 Å². The van der Waals surface area contributed by atoms with Crippen LogP contribution in [0.2, 0.25) is 0 Å². The highest BCUT2D eigenvalue weighted by molar-refractivity contribution is 9.10. The van der Waals surface area contributed by atoms with Gasteiger partial charge in [0.15, 0.2) is 0 Å². The molecule has 96 valence electrons. The Balaban J connectivity index is 2.83. The number of hydrogen-bond acceptors (Lipinski definition) is 2. The van der Waals surface area contributed by atoms with E-state index in [0.29, 0.717) is 16.9 Å². The Bertz CT molecular complexity index is 382. The molecule has 4 heteroatoms. The number of nitrogens with one attached hydrogen (secondary N) is 1. The van der Waals surface area contributed by atoms with E-state index in [2.05, 4.69) is 42.0 Å². The molecule has 0 saturated carbocycles. The molecule has 3 N–H and O–H groups in total. The quantitative estimate of drug-likeness (QED) is 0.869. The van der Waals surface area contributed by atoms with Crippen LogP contribution in [-0.2, 0) is 0 Å². The van der Waals surface area contributed by atoms with E-state index >= 15 is 0 Å². The molecule has 0 spiro atoms. The van der Waals surface area contributed by atoms with Crippen LogP contribution in [0.3, 0.4) is 0 Å². The molecule has 0 aliphatic rings. The summed E-state index contributed by atoms with van der Waals surface area (Å²) in [5, 5.41) is 3.38. The smallest absolute Gasteiger partial charge is 0.137 e. The van der Waals surface area contributed by atoms with Gasteiger partial charge >= 0.3 is 0 Å². The van der Waals surface area contributed by atoms with Crippen molar-refractivity contribution in [3.8, 4) is 0 Å². The molecular weight excluding hydrogens is 283 g/mol. The minimum absolute atomic E-state index is 0.161. The fourth-order valence-electron chi connectivity index (χ4n) is 2.01. The zero-order valence-corrected chi connectivity index (χ0v) is 12.1. The molecule has 1 unspecified atom stereocenters. The fraction of sp³-hybridized carbons (Fsp3) is 0.538. The zero-order valence-electron chi connectivity index (χ0n) is 10.6. The van der Waals surface area contributed by atoms with E-state index < -0.39 is 0 Å². The maximum atomic E-state index is 13.1. The minimum Gasteiger partial charge on any atom is -0.379 e. The van der Waals surface area contributed by atoms with Gasteiger partial charge in [-0.25, -0.2) is 4.39 Å². The van der Waals surface area contributed by atoms with Gasteiger partial charge in [0.05, 0.1) is 4.47 Å². The van der Waals surface area contributed by atoms with Crippen molar-refractivity contribution in [2.45, 2.75) is 32.7 Å². The summed E-state index contributed by atoms with van der Waals surface area (Å²) in [5.41, 5.74) is 6.54. The molecule has 17 heavy (non-hydrogen) atoms. The van der Waals surface area contributed by atoms with Crippen LogP contribution in [0, 0.1) is 11.7 Å². The van der Waals surface area contributed by atoms with Gasteiger partial charge in [-0.3, -0.25) is 0 Å². The van der Waals surface area contributed by atoms with Crippen molar-refractivity contribution in [1.29, 1.82) is 0 Å². The number of benzene rings is 1. The van der Waals surface area contributed by atoms with Gasteiger partial charge in [0.1, 0.15) is 5.82 Å². The summed E-state index contributed by atoms with van der Waals surface area (Å²) in [5.74, 6) is 0.300. The first-order valence-electron chi connectivity index (χ1n) is 5.79. The summed E-state index contributed by atoms with van der Waals surface area (Å²) in [6.07, 6.45) is 0.971. The Labute approximate surface area is 111 Å². The van der Waals surface area contributed by atoms with Gasteiger partial charge < -0.3 is 11.1 Å². The molecule has 0 heterocycles. The van der Waals surface area contributed by atoms with Crippen LogP contribution in [0.5, 0.6) is 0 Å². The second-order valence-corrected chi connectivity index (χ2v) is 5.97. The first kappa shape index (κ1) is 14.5. The second-order valence-electron chi connectivity index (χ2n) is 5.12. The third-order valence-electron chi connectivity index (χ3n) is 2.68. The second kappa shape index (κ2) is 5.83. The molecule has 0 bridgehead atoms. The zero-order chi connectivity index (χ0) is 13.1. The highest BCUT2D eigenvalue weighted by Gasteiger charge is 2.23. The molecule has 0 radical (unpaired) electrons. The van der Waals surface area contributed by atoms with E-state index in [-0.39, 0.29) is 11.4 Å². The first-order valence-corrected chi connectivity index (χ1v) is 6.59. The lowest BCUT2D eigenvalue weighted by molar-refractivity contribution is 0.407. The Morgan fingerprint density at radius 3 is 2.59 bits per heavy atom. The molecule has 0 aliphatic carbocycles. The molecule has 0 saturated heterocycles. The molecule has 1 aromatic rings. The van der Waals surface area contributed by atoms with Crippen LogP contribution < -0.4 is 11.1 Å². The van der Waals surface area contributed by atoms with E-state index in [1.54, 1.807) is 12.1 Å². The molecule has 1 rings (SSSR count). The van der Waals surface area contributed by atoms with Crippen LogP contribution in [-0.4, -0.2) is 12.1 Å². The van der Waals surface area contributed by atoms with E-state index in [9.17, 15) is 4.39 Å². The van der Waals surface area contributed by atoms with Crippen LogP contribution >= 0.6 is 15.9 Å². The maximum Gasteiger partial charge on any atom is 0.137 e. The van der Waals surface area contributed by atoms with Crippen molar-refractivity contribution >= 4 is 21.6 Å². The van der Waals surface area contributed by atoms with Gasteiger partial charge in [-0.15, -0.1) is 0 Å². The SMILES string of the molecule is CC(C)CC(C)(CN)Nc1ccc(F)c(Br)c1. The molecule has 0 fully saturated rings. The number of rotatable bonds is 5. The Morgan fingerprint density at radius 1 is 1.47 bits per heavy atom. The Hall–Kier alpha value is -0.610. The van der Waals surface area contributed by atoms with Crippen molar-refractivity contribution in [3.05, 3.63) is 28.5 Å². The minimum atomic E-state index is -0.256. The average Bonchev–Trinajstić information content (AvgIpc) is 2.22. The lowest BCUT2D eigenvalue weighted by Crippen LogP contribution is -2.43. The normalized spacial score (nSPS) is 14.8. The monoisotopic (exact) mass is 302 g/mol. The summed E-state index contributed by atoms with van der Waals surface area (Å²) in [7, 11) is 0. The molecule has 1 aromatic carbocycles. The van der Waals surface area contributed by atoms with E-state index in [4.69, 9.17) is 5.73 Å². The Kier molecular flexibility index (Phi) is 4.95. The van der Waals surface area contributed by atoms with E-state index in [0.717, 1.165) is 12.1 Å². The van der Waals surface area contributed by atoms with Crippen molar-refractivity contribution in [2.24, 2.45) is 11.7 Å². The number of hydrogen-bond donors (Lipinski definition) is 2. The third-order valence-corrected chi connectivity index (χ3v) is 3.28. The summed E-state index contributed by atoms with van der Waals surface area (Å²) in [6.45, 7) is 6.96. The van der Waals surface area contributed by atoms with Gasteiger partial charge in [-0.05, 0) is 53.4 Å². The topological polar surface area (TPSA) is 38.0 Å². The van der Waals surface area contributed by atoms with Gasteiger partial charge in [0.2, 0.25) is 0 Å². The number of nitrogens with two attached hydrogens (primary N) is 1. The van der Waals surface area contributed by atoms with Gasteiger partial charge in [0.25, 0.3) is 0 Å². The summed E-state index contributed by atoms with van der Waals surface area (Å²) < 4.78 is 13.6. The summed E-state index contributed by atoms with van der Waals surface area (Å²) in [6, 6.07) is 4.91. The molecule has 0 amide bonds. The maximum absolute atomic E-state index is 13.1. The first-order chi connectivity index (χ1) is 7.86. The van der Waals surface area contributed by atoms with Gasteiger partial charge in [0, 0.05) is 17.8 Å².